The van der Waals surface area contributed by atoms with Gasteiger partial charge < -0.3 is 35.1 Å². The molecular formula is C40H50N8O7S. The summed E-state index contributed by atoms with van der Waals surface area (Å²) in [6, 6.07) is 5.25. The summed E-state index contributed by atoms with van der Waals surface area (Å²) in [5.41, 5.74) is -0.381. The number of fused-ring (bicyclic) bond motifs is 1. The van der Waals surface area contributed by atoms with Crippen molar-refractivity contribution in [2.24, 2.45) is 11.3 Å². The molecule has 3 heterocycles. The maximum atomic E-state index is 14.7. The van der Waals surface area contributed by atoms with E-state index in [9.17, 15) is 24.4 Å². The molecule has 5 atom stereocenters. The Hall–Kier alpha value is -5.43. The molecule has 298 valence electrons. The Kier molecular flexibility index (Phi) is 11.7. The number of likely N-dealkylation sites (tertiary alicyclic amines) is 1. The number of anilines is 1. The van der Waals surface area contributed by atoms with E-state index in [4.69, 9.17) is 24.2 Å². The summed E-state index contributed by atoms with van der Waals surface area (Å²) in [5, 5.41) is 23.6. The van der Waals surface area contributed by atoms with Crippen LogP contribution in [0, 0.1) is 22.8 Å². The van der Waals surface area contributed by atoms with Crippen molar-refractivity contribution in [2.75, 3.05) is 19.0 Å². The molecule has 1 aromatic carbocycles. The Balaban J connectivity index is 1.33. The van der Waals surface area contributed by atoms with Crippen molar-refractivity contribution >= 4 is 51.2 Å². The topological polar surface area (TPSA) is 197 Å². The van der Waals surface area contributed by atoms with Crippen LogP contribution in [0.25, 0.3) is 22.3 Å². The molecule has 2 saturated carbocycles. The number of thiazole rings is 1. The second-order valence-corrected chi connectivity index (χ2v) is 16.9. The number of pyridine rings is 1. The Morgan fingerprint density at radius 1 is 1.11 bits per heavy atom. The molecule has 0 bridgehead atoms. The molecule has 1 saturated heterocycles. The second-order valence-electron chi connectivity index (χ2n) is 16.0. The number of carbonyl (C=O) groups is 4. The molecule has 5 unspecified atom stereocenters. The zero-order valence-electron chi connectivity index (χ0n) is 32.6. The molecule has 4 amide bonds. The van der Waals surface area contributed by atoms with Crippen LogP contribution < -0.4 is 30.7 Å². The molecule has 3 aromatic rings. The highest BCUT2D eigenvalue weighted by molar-refractivity contribution is 7.14. The molecule has 1 aliphatic heterocycles. The number of rotatable bonds is 13. The normalized spacial score (nSPS) is 22.5. The molecule has 2 aliphatic carbocycles. The third-order valence-corrected chi connectivity index (χ3v) is 11.2. The third-order valence-electron chi connectivity index (χ3n) is 10.5. The molecule has 0 radical (unpaired) electrons. The molecule has 16 heteroatoms. The fourth-order valence-corrected chi connectivity index (χ4v) is 8.27. The van der Waals surface area contributed by atoms with Crippen LogP contribution in [0.15, 0.2) is 42.3 Å². The SMILES string of the molecule is C=CC1CC1(NC(=O)C1CC(Oc2cc(-c3csc(NC(C)C)n3)nc3cc(OC)ccc23)CN1C(=O)C(NC(=O)OC1CCCC1)C(C)(C)C)C(=O)NC#N. The summed E-state index contributed by atoms with van der Waals surface area (Å²) in [7, 11) is 1.57. The molecule has 6 rings (SSSR count). The molecule has 56 heavy (non-hydrogen) atoms. The van der Waals surface area contributed by atoms with E-state index in [1.807, 2.05) is 46.1 Å². The second kappa shape index (κ2) is 16.4. The van der Waals surface area contributed by atoms with Crippen LogP contribution in [0.2, 0.25) is 0 Å². The maximum absolute atomic E-state index is 14.7. The Morgan fingerprint density at radius 2 is 1.86 bits per heavy atom. The van der Waals surface area contributed by atoms with Crippen molar-refractivity contribution in [3.63, 3.8) is 0 Å². The van der Waals surface area contributed by atoms with Crippen molar-refractivity contribution in [1.29, 1.82) is 5.26 Å². The van der Waals surface area contributed by atoms with Gasteiger partial charge in [0, 0.05) is 41.3 Å². The van der Waals surface area contributed by atoms with Crippen LogP contribution >= 0.6 is 11.3 Å². The zero-order chi connectivity index (χ0) is 40.4. The summed E-state index contributed by atoms with van der Waals surface area (Å²) in [6.07, 6.45) is 5.35. The Bertz CT molecular complexity index is 2030. The quantitative estimate of drug-likeness (QED) is 0.100. The number of nitrogens with one attached hydrogen (secondary N) is 4. The molecule has 3 fully saturated rings. The maximum Gasteiger partial charge on any atom is 0.408 e. The first-order chi connectivity index (χ1) is 26.6. The minimum atomic E-state index is -1.39. The standard InChI is InChI=1S/C40H50N8O7S/c1-8-23-18-40(23,36(51)42-21-41)47-34(49)31-16-26(19-48(31)35(50)33(39(4,5)6)46-38(52)55-24-11-9-10-12-24)54-32-17-29(30-20-56-37(45-30)43-22(2)3)44-28-15-25(53-7)13-14-27(28)32/h8,13-15,17,20,22-24,26,31,33H,1,9-12,16,18-19H2,2-7H3,(H,42,51)(H,43,45)(H,46,52)(H,47,49). The zero-order valence-corrected chi connectivity index (χ0v) is 33.5. The molecule has 3 aliphatic rings. The number of alkyl carbamates (subject to hydrolysis) is 1. The largest absolute Gasteiger partial charge is 0.497 e. The highest BCUT2D eigenvalue weighted by Gasteiger charge is 2.61. The molecule has 0 spiro atoms. The van der Waals surface area contributed by atoms with Crippen LogP contribution in [0.4, 0.5) is 9.93 Å². The smallest absolute Gasteiger partial charge is 0.408 e. The van der Waals surface area contributed by atoms with Gasteiger partial charge in [-0.25, -0.2) is 14.8 Å². The number of hydrogen-bond acceptors (Lipinski definition) is 12. The number of nitriles is 1. The highest BCUT2D eigenvalue weighted by Crippen LogP contribution is 2.45. The fraction of sp³-hybridized carbons (Fsp3) is 0.525. The Morgan fingerprint density at radius 3 is 2.50 bits per heavy atom. The van der Waals surface area contributed by atoms with Crippen LogP contribution in [0.5, 0.6) is 11.5 Å². The lowest BCUT2D eigenvalue weighted by atomic mass is 9.85. The summed E-state index contributed by atoms with van der Waals surface area (Å²) in [4.78, 5) is 66.2. The van der Waals surface area contributed by atoms with Gasteiger partial charge in [0.2, 0.25) is 11.8 Å². The van der Waals surface area contributed by atoms with Gasteiger partial charge in [-0.1, -0.05) is 26.8 Å². The predicted octanol–water partition coefficient (Wildman–Crippen LogP) is 5.28. The monoisotopic (exact) mass is 786 g/mol. The molecule has 4 N–H and O–H groups in total. The van der Waals surface area contributed by atoms with Gasteiger partial charge in [0.15, 0.2) is 11.3 Å². The van der Waals surface area contributed by atoms with E-state index < -0.39 is 58.9 Å². The number of carbonyl (C=O) groups excluding carboxylic acids is 4. The van der Waals surface area contributed by atoms with Crippen molar-refractivity contribution in [2.45, 2.75) is 109 Å². The van der Waals surface area contributed by atoms with E-state index in [-0.39, 0.29) is 31.5 Å². The highest BCUT2D eigenvalue weighted by atomic mass is 32.1. The first-order valence-electron chi connectivity index (χ1n) is 18.9. The van der Waals surface area contributed by atoms with Gasteiger partial charge in [0.25, 0.3) is 5.91 Å². The number of nitrogens with zero attached hydrogens (tertiary/aromatic N) is 4. The lowest BCUT2D eigenvalue weighted by Gasteiger charge is -2.35. The van der Waals surface area contributed by atoms with E-state index in [1.165, 1.54) is 16.2 Å². The number of benzene rings is 1. The van der Waals surface area contributed by atoms with E-state index in [2.05, 4.69) is 27.8 Å². The summed E-state index contributed by atoms with van der Waals surface area (Å²) in [6.45, 7) is 13.3. The van der Waals surface area contributed by atoms with Crippen molar-refractivity contribution in [3.05, 3.63) is 42.3 Å². The summed E-state index contributed by atoms with van der Waals surface area (Å²) < 4.78 is 17.9. The number of aromatic nitrogens is 2. The van der Waals surface area contributed by atoms with Crippen LogP contribution in [-0.4, -0.2) is 88.2 Å². The van der Waals surface area contributed by atoms with Gasteiger partial charge in [-0.3, -0.25) is 19.7 Å². The first-order valence-corrected chi connectivity index (χ1v) is 19.8. The Labute approximate surface area is 330 Å². The summed E-state index contributed by atoms with van der Waals surface area (Å²) >= 11 is 1.46. The van der Waals surface area contributed by atoms with E-state index in [0.717, 1.165) is 30.8 Å². The fourth-order valence-electron chi connectivity index (χ4n) is 7.41. The van der Waals surface area contributed by atoms with Crippen LogP contribution in [0.1, 0.15) is 73.1 Å². The first kappa shape index (κ1) is 40.2. The van der Waals surface area contributed by atoms with E-state index in [1.54, 1.807) is 37.6 Å². The molecule has 15 nitrogen and oxygen atoms in total. The van der Waals surface area contributed by atoms with Gasteiger partial charge in [-0.2, -0.15) is 5.26 Å². The van der Waals surface area contributed by atoms with Gasteiger partial charge in [0.05, 0.1) is 24.9 Å². The minimum Gasteiger partial charge on any atom is -0.497 e. The van der Waals surface area contributed by atoms with Crippen LogP contribution in [-0.2, 0) is 19.1 Å². The number of amides is 4. The summed E-state index contributed by atoms with van der Waals surface area (Å²) in [5.74, 6) is -1.11. The number of methoxy groups -OCH3 is 1. The van der Waals surface area contributed by atoms with Gasteiger partial charge >= 0.3 is 6.09 Å². The van der Waals surface area contributed by atoms with Crippen molar-refractivity contribution in [1.82, 2.24) is 30.8 Å². The molecule has 2 aromatic heterocycles. The van der Waals surface area contributed by atoms with E-state index >= 15 is 0 Å². The van der Waals surface area contributed by atoms with Crippen LogP contribution in [0.3, 0.4) is 0 Å². The van der Waals surface area contributed by atoms with Gasteiger partial charge in [0.1, 0.15) is 47.0 Å². The average Bonchev–Trinajstić information content (AvgIpc) is 3.56. The minimum absolute atomic E-state index is 0.0143. The number of hydrogen-bond donors (Lipinski definition) is 4. The van der Waals surface area contributed by atoms with Gasteiger partial charge in [-0.05, 0) is 63.5 Å². The lowest BCUT2D eigenvalue weighted by molar-refractivity contribution is -0.143. The van der Waals surface area contributed by atoms with Gasteiger partial charge in [-0.15, -0.1) is 17.9 Å². The average molecular weight is 787 g/mol. The predicted molar refractivity (Wildman–Crippen MR) is 211 cm³/mol. The number of ether oxygens (including phenoxy) is 3. The lowest BCUT2D eigenvalue weighted by Crippen LogP contribution is -2.59. The molecular weight excluding hydrogens is 737 g/mol. The van der Waals surface area contributed by atoms with E-state index in [0.29, 0.717) is 33.8 Å². The van der Waals surface area contributed by atoms with Crippen molar-refractivity contribution in [3.8, 4) is 29.1 Å². The van der Waals surface area contributed by atoms with Crippen molar-refractivity contribution < 1.29 is 33.4 Å². The third kappa shape index (κ3) is 8.67.